The number of hydrogen-bond donors (Lipinski definition) is 2. The van der Waals surface area contributed by atoms with Gasteiger partial charge in [0, 0.05) is 12.6 Å². The second-order valence-corrected chi connectivity index (χ2v) is 2.45. The highest BCUT2D eigenvalue weighted by atomic mass is 35.5. The molecule has 0 saturated carbocycles. The van der Waals surface area contributed by atoms with Gasteiger partial charge in [0.15, 0.2) is 0 Å². The van der Waals surface area contributed by atoms with E-state index in [1.807, 2.05) is 0 Å². The van der Waals surface area contributed by atoms with Crippen molar-refractivity contribution in [2.24, 2.45) is 5.73 Å². The first kappa shape index (κ1) is 12.3. The summed E-state index contributed by atoms with van der Waals surface area (Å²) in [4.78, 5) is 0. The molecule has 0 radical (unpaired) electrons. The molecule has 0 aromatic heterocycles. The van der Waals surface area contributed by atoms with E-state index in [1.165, 1.54) is 0 Å². The van der Waals surface area contributed by atoms with Crippen LogP contribution in [0, 0.1) is 11.6 Å². The average Bonchev–Trinajstić information content (AvgIpc) is 2.01. The lowest BCUT2D eigenvalue weighted by Gasteiger charge is -2.07. The molecule has 0 saturated heterocycles. The van der Waals surface area contributed by atoms with Crippen LogP contribution >= 0.6 is 12.4 Å². The predicted molar refractivity (Wildman–Crippen MR) is 47.6 cm³/mol. The number of rotatable bonds is 2. The fourth-order valence-corrected chi connectivity index (χ4v) is 0.904. The maximum atomic E-state index is 12.5. The molecule has 0 amide bonds. The summed E-state index contributed by atoms with van der Waals surface area (Å²) in [5, 5.41) is 9.12. The van der Waals surface area contributed by atoms with Gasteiger partial charge < -0.3 is 10.8 Å². The molecule has 0 heterocycles. The Kier molecular flexibility index (Phi) is 4.83. The molecular formula is C8H10ClF2NO. The first-order chi connectivity index (χ1) is 5.63. The smallest absolute Gasteiger partial charge is 0.126 e. The van der Waals surface area contributed by atoms with Crippen molar-refractivity contribution in [2.45, 2.75) is 6.10 Å². The van der Waals surface area contributed by atoms with Crippen LogP contribution in [0.3, 0.4) is 0 Å². The number of aliphatic hydroxyl groups excluding tert-OH is 1. The minimum absolute atomic E-state index is 0. The van der Waals surface area contributed by atoms with Gasteiger partial charge in [0.2, 0.25) is 0 Å². The van der Waals surface area contributed by atoms with E-state index in [-0.39, 0.29) is 24.5 Å². The standard InChI is InChI=1S/C8H9F2NO.ClH/c9-6-1-5(8(12)4-11)2-7(10)3-6;/h1-3,8,12H,4,11H2;1H. The second-order valence-electron chi connectivity index (χ2n) is 2.45. The van der Waals surface area contributed by atoms with Gasteiger partial charge in [-0.2, -0.15) is 0 Å². The first-order valence-electron chi connectivity index (χ1n) is 3.47. The first-order valence-corrected chi connectivity index (χ1v) is 3.47. The normalized spacial score (nSPS) is 12.0. The quantitative estimate of drug-likeness (QED) is 0.773. The van der Waals surface area contributed by atoms with Gasteiger partial charge in [-0.25, -0.2) is 8.78 Å². The Morgan fingerprint density at radius 2 is 1.69 bits per heavy atom. The van der Waals surface area contributed by atoms with Crippen LogP contribution in [0.5, 0.6) is 0 Å². The maximum absolute atomic E-state index is 12.5. The van der Waals surface area contributed by atoms with Crippen molar-refractivity contribution >= 4 is 12.4 Å². The van der Waals surface area contributed by atoms with Crippen molar-refractivity contribution < 1.29 is 13.9 Å². The molecule has 0 fully saturated rings. The Bertz CT molecular complexity index is 263. The molecule has 1 aromatic carbocycles. The van der Waals surface area contributed by atoms with E-state index in [4.69, 9.17) is 10.8 Å². The van der Waals surface area contributed by atoms with E-state index in [0.29, 0.717) is 0 Å². The monoisotopic (exact) mass is 209 g/mol. The van der Waals surface area contributed by atoms with Gasteiger partial charge in [-0.3, -0.25) is 0 Å². The Morgan fingerprint density at radius 3 is 2.08 bits per heavy atom. The van der Waals surface area contributed by atoms with Gasteiger partial charge in [-0.15, -0.1) is 12.4 Å². The van der Waals surface area contributed by atoms with Gasteiger partial charge in [-0.1, -0.05) is 0 Å². The lowest BCUT2D eigenvalue weighted by atomic mass is 10.1. The minimum atomic E-state index is -1.00. The van der Waals surface area contributed by atoms with Crippen LogP contribution in [-0.4, -0.2) is 11.7 Å². The highest BCUT2D eigenvalue weighted by molar-refractivity contribution is 5.85. The van der Waals surface area contributed by atoms with E-state index < -0.39 is 17.7 Å². The van der Waals surface area contributed by atoms with Crippen molar-refractivity contribution in [2.75, 3.05) is 6.54 Å². The largest absolute Gasteiger partial charge is 0.387 e. The van der Waals surface area contributed by atoms with Crippen LogP contribution < -0.4 is 5.73 Å². The van der Waals surface area contributed by atoms with E-state index >= 15 is 0 Å². The van der Waals surface area contributed by atoms with Crippen LogP contribution in [0.15, 0.2) is 18.2 Å². The number of aliphatic hydroxyl groups is 1. The topological polar surface area (TPSA) is 46.2 Å². The molecule has 1 atom stereocenters. The zero-order chi connectivity index (χ0) is 9.14. The number of benzene rings is 1. The third-order valence-electron chi connectivity index (χ3n) is 1.49. The molecule has 0 spiro atoms. The van der Waals surface area contributed by atoms with E-state index in [9.17, 15) is 8.78 Å². The van der Waals surface area contributed by atoms with E-state index in [2.05, 4.69) is 0 Å². The minimum Gasteiger partial charge on any atom is -0.387 e. The van der Waals surface area contributed by atoms with Crippen molar-refractivity contribution in [3.63, 3.8) is 0 Å². The summed E-state index contributed by atoms with van der Waals surface area (Å²) in [6.07, 6.45) is -1.00. The maximum Gasteiger partial charge on any atom is 0.126 e. The molecule has 13 heavy (non-hydrogen) atoms. The lowest BCUT2D eigenvalue weighted by molar-refractivity contribution is 0.186. The van der Waals surface area contributed by atoms with Crippen LogP contribution in [0.25, 0.3) is 0 Å². The van der Waals surface area contributed by atoms with Crippen LogP contribution in [-0.2, 0) is 0 Å². The van der Waals surface area contributed by atoms with Gasteiger partial charge in [-0.05, 0) is 17.7 Å². The molecule has 0 aliphatic carbocycles. The summed E-state index contributed by atoms with van der Waals surface area (Å²) < 4.78 is 25.1. The fraction of sp³-hybridized carbons (Fsp3) is 0.250. The van der Waals surface area contributed by atoms with Crippen LogP contribution in [0.2, 0.25) is 0 Å². The van der Waals surface area contributed by atoms with Crippen molar-refractivity contribution in [3.05, 3.63) is 35.4 Å². The van der Waals surface area contributed by atoms with Crippen molar-refractivity contribution in [3.8, 4) is 0 Å². The molecule has 1 unspecified atom stereocenters. The third kappa shape index (κ3) is 3.26. The molecule has 1 rings (SSSR count). The average molecular weight is 210 g/mol. The Labute approximate surface area is 80.8 Å². The summed E-state index contributed by atoms with van der Waals surface area (Å²) in [5.41, 5.74) is 5.27. The lowest BCUT2D eigenvalue weighted by Crippen LogP contribution is -2.11. The summed E-state index contributed by atoms with van der Waals surface area (Å²) in [6, 6.07) is 2.86. The van der Waals surface area contributed by atoms with E-state index in [0.717, 1.165) is 18.2 Å². The molecular weight excluding hydrogens is 200 g/mol. The Morgan fingerprint density at radius 1 is 1.23 bits per heavy atom. The zero-order valence-corrected chi connectivity index (χ0v) is 7.52. The molecule has 5 heteroatoms. The Balaban J connectivity index is 0.00000144. The molecule has 74 valence electrons. The van der Waals surface area contributed by atoms with Gasteiger partial charge in [0.1, 0.15) is 11.6 Å². The number of nitrogens with two attached hydrogens (primary N) is 1. The molecule has 0 aliphatic rings. The van der Waals surface area contributed by atoms with Crippen LogP contribution in [0.1, 0.15) is 11.7 Å². The van der Waals surface area contributed by atoms with E-state index in [1.54, 1.807) is 0 Å². The predicted octanol–water partition coefficient (Wildman–Crippen LogP) is 1.38. The molecule has 0 bridgehead atoms. The SMILES string of the molecule is Cl.NCC(O)c1cc(F)cc(F)c1. The third-order valence-corrected chi connectivity index (χ3v) is 1.49. The summed E-state index contributed by atoms with van der Waals surface area (Å²) in [5.74, 6) is -1.42. The summed E-state index contributed by atoms with van der Waals surface area (Å²) in [7, 11) is 0. The van der Waals surface area contributed by atoms with Crippen molar-refractivity contribution in [1.29, 1.82) is 0 Å². The highest BCUT2D eigenvalue weighted by Crippen LogP contribution is 2.14. The highest BCUT2D eigenvalue weighted by Gasteiger charge is 2.07. The van der Waals surface area contributed by atoms with Gasteiger partial charge in [0.25, 0.3) is 0 Å². The zero-order valence-electron chi connectivity index (χ0n) is 6.71. The van der Waals surface area contributed by atoms with Crippen LogP contribution in [0.4, 0.5) is 8.78 Å². The number of hydrogen-bond acceptors (Lipinski definition) is 2. The second kappa shape index (κ2) is 5.11. The van der Waals surface area contributed by atoms with Gasteiger partial charge in [0.05, 0.1) is 6.10 Å². The summed E-state index contributed by atoms with van der Waals surface area (Å²) in [6.45, 7) is -0.0527. The number of halogens is 3. The van der Waals surface area contributed by atoms with Gasteiger partial charge >= 0.3 is 0 Å². The molecule has 0 aliphatic heterocycles. The molecule has 1 aromatic rings. The fourth-order valence-electron chi connectivity index (χ4n) is 0.904. The summed E-state index contributed by atoms with van der Waals surface area (Å²) >= 11 is 0. The van der Waals surface area contributed by atoms with Crippen molar-refractivity contribution in [1.82, 2.24) is 0 Å². The molecule has 3 N–H and O–H groups in total. The molecule has 2 nitrogen and oxygen atoms in total. The Hall–Kier alpha value is -0.710.